The smallest absolute Gasteiger partial charge is 0.202 e. The van der Waals surface area contributed by atoms with Crippen molar-refractivity contribution < 1.29 is 20.4 Å². The molecule has 1 aromatic carbocycles. The number of allylic oxidation sites excluding steroid dienone is 4. The topological polar surface area (TPSA) is 90.8 Å². The quantitative estimate of drug-likeness (QED) is 0.456. The predicted molar refractivity (Wildman–Crippen MR) is 119 cm³/mol. The lowest BCUT2D eigenvalue weighted by atomic mass is 10.0. The first kappa shape index (κ1) is 18.1. The van der Waals surface area contributed by atoms with Gasteiger partial charge in [0.1, 0.15) is 0 Å². The molecule has 4 unspecified atom stereocenters. The number of benzene rings is 1. The van der Waals surface area contributed by atoms with Crippen molar-refractivity contribution in [1.29, 1.82) is 0 Å². The largest absolute Gasteiger partial charge is 0.494 e. The highest BCUT2D eigenvalue weighted by molar-refractivity contribution is 5.62. The molecule has 6 nitrogen and oxygen atoms in total. The molecule has 0 fully saturated rings. The van der Waals surface area contributed by atoms with Crippen LogP contribution in [0.3, 0.4) is 0 Å². The molecule has 0 aliphatic heterocycles. The second-order valence-electron chi connectivity index (χ2n) is 9.52. The van der Waals surface area contributed by atoms with Crippen molar-refractivity contribution in [2.75, 3.05) is 0 Å². The normalized spacial score (nSPS) is 25.8. The van der Waals surface area contributed by atoms with Gasteiger partial charge in [-0.2, -0.15) is 0 Å². The zero-order valence-corrected chi connectivity index (χ0v) is 17.4. The number of aryl methyl sites for hydroxylation is 1. The molecule has 4 bridgehead atoms. The highest BCUT2D eigenvalue weighted by Crippen LogP contribution is 2.58. The molecule has 4 N–H and O–H groups in total. The lowest BCUT2D eigenvalue weighted by Crippen LogP contribution is -2.02. The van der Waals surface area contributed by atoms with Gasteiger partial charge in [0.15, 0.2) is 11.8 Å². The number of aromatic hydroxyl groups is 4. The number of hydrogen-bond donors (Lipinski definition) is 4. The highest BCUT2D eigenvalue weighted by Gasteiger charge is 2.42. The summed E-state index contributed by atoms with van der Waals surface area (Å²) in [5, 5.41) is 43.0. The van der Waals surface area contributed by atoms with Gasteiger partial charge in [-0.05, 0) is 37.0 Å². The number of aromatic nitrogens is 2. The van der Waals surface area contributed by atoms with E-state index in [1.807, 2.05) is 24.3 Å². The molecule has 3 aromatic rings. The van der Waals surface area contributed by atoms with Crippen molar-refractivity contribution in [3.05, 3.63) is 76.4 Å². The van der Waals surface area contributed by atoms with Crippen LogP contribution in [0.1, 0.15) is 64.3 Å². The second kappa shape index (κ2) is 6.03. The van der Waals surface area contributed by atoms with E-state index in [4.69, 9.17) is 0 Å². The molecule has 162 valence electrons. The third-order valence-electron chi connectivity index (χ3n) is 7.95. The summed E-state index contributed by atoms with van der Waals surface area (Å²) in [6, 6.07) is 7.70. The van der Waals surface area contributed by atoms with Gasteiger partial charge in [-0.3, -0.25) is 9.13 Å². The maximum absolute atomic E-state index is 10.8. The Bertz CT molecular complexity index is 1270. The first-order valence-electron chi connectivity index (χ1n) is 11.3. The Morgan fingerprint density at radius 3 is 1.53 bits per heavy atom. The summed E-state index contributed by atoms with van der Waals surface area (Å²) in [7, 11) is 0. The summed E-state index contributed by atoms with van der Waals surface area (Å²) in [5.74, 6) is 1.44. The van der Waals surface area contributed by atoms with Crippen LogP contribution in [-0.2, 0) is 13.0 Å². The van der Waals surface area contributed by atoms with E-state index in [2.05, 4.69) is 24.3 Å². The molecule has 0 radical (unpaired) electrons. The Kier molecular flexibility index (Phi) is 3.41. The highest BCUT2D eigenvalue weighted by atomic mass is 16.3. The van der Waals surface area contributed by atoms with Gasteiger partial charge in [-0.25, -0.2) is 0 Å². The van der Waals surface area contributed by atoms with E-state index in [0.717, 1.165) is 40.7 Å². The van der Waals surface area contributed by atoms with Crippen LogP contribution in [-0.4, -0.2) is 29.6 Å². The van der Waals surface area contributed by atoms with Gasteiger partial charge in [0, 0.05) is 52.5 Å². The van der Waals surface area contributed by atoms with E-state index < -0.39 is 0 Å². The lowest BCUT2D eigenvalue weighted by Gasteiger charge is -2.12. The summed E-state index contributed by atoms with van der Waals surface area (Å²) in [4.78, 5) is 0. The number of rotatable bonds is 4. The van der Waals surface area contributed by atoms with Crippen LogP contribution >= 0.6 is 0 Å². The zero-order valence-electron chi connectivity index (χ0n) is 17.4. The molecule has 4 atom stereocenters. The number of nitrogens with zero attached hydrogens (tertiary/aromatic N) is 2. The first-order valence-corrected chi connectivity index (χ1v) is 11.3. The number of hydrogen-bond acceptors (Lipinski definition) is 4. The van der Waals surface area contributed by atoms with E-state index in [1.54, 1.807) is 4.57 Å². The minimum Gasteiger partial charge on any atom is -0.494 e. The Morgan fingerprint density at radius 2 is 1.06 bits per heavy atom. The van der Waals surface area contributed by atoms with Crippen LogP contribution in [0, 0.1) is 0 Å². The molecular weight excluding hydrogens is 404 g/mol. The van der Waals surface area contributed by atoms with E-state index in [-0.39, 0.29) is 47.2 Å². The lowest BCUT2D eigenvalue weighted by molar-refractivity contribution is 0.362. The zero-order chi connectivity index (χ0) is 21.7. The van der Waals surface area contributed by atoms with Crippen molar-refractivity contribution in [2.45, 2.75) is 49.5 Å². The average Bonchev–Trinajstić information content (AvgIpc) is 3.62. The molecular formula is C26H24N2O4. The van der Waals surface area contributed by atoms with Crippen molar-refractivity contribution >= 4 is 0 Å². The second-order valence-corrected chi connectivity index (χ2v) is 9.52. The first-order chi connectivity index (χ1) is 15.5. The third-order valence-corrected chi connectivity index (χ3v) is 7.95. The molecule has 2 heterocycles. The van der Waals surface area contributed by atoms with Gasteiger partial charge in [-0.15, -0.1) is 0 Å². The fraction of sp³-hybridized carbons (Fsp3) is 0.308. The van der Waals surface area contributed by atoms with Crippen LogP contribution in [0.15, 0.2) is 48.6 Å². The maximum atomic E-state index is 10.8. The molecule has 6 heteroatoms. The van der Waals surface area contributed by atoms with Gasteiger partial charge in [0.2, 0.25) is 11.8 Å². The number of fused-ring (bicyclic) bond motifs is 10. The van der Waals surface area contributed by atoms with Crippen molar-refractivity contribution in [3.8, 4) is 29.2 Å². The van der Waals surface area contributed by atoms with Gasteiger partial charge in [0.05, 0.1) is 5.69 Å². The van der Waals surface area contributed by atoms with Gasteiger partial charge in [0.25, 0.3) is 0 Å². The summed E-state index contributed by atoms with van der Waals surface area (Å²) in [5.41, 5.74) is 5.25. The van der Waals surface area contributed by atoms with Crippen LogP contribution in [0.25, 0.3) is 5.69 Å². The minimum absolute atomic E-state index is 0.127. The van der Waals surface area contributed by atoms with E-state index >= 15 is 0 Å². The summed E-state index contributed by atoms with van der Waals surface area (Å²) in [6.07, 6.45) is 11.0. The van der Waals surface area contributed by atoms with Crippen molar-refractivity contribution in [3.63, 3.8) is 0 Å². The fourth-order valence-corrected chi connectivity index (χ4v) is 6.44. The Hall–Kier alpha value is -3.54. The van der Waals surface area contributed by atoms with Crippen LogP contribution in [0.5, 0.6) is 23.5 Å². The summed E-state index contributed by atoms with van der Waals surface area (Å²) >= 11 is 0. The fourth-order valence-electron chi connectivity index (χ4n) is 6.44. The molecule has 2 aromatic heterocycles. The Balaban J connectivity index is 1.14. The van der Waals surface area contributed by atoms with E-state index in [9.17, 15) is 20.4 Å². The minimum atomic E-state index is 0.127. The molecule has 32 heavy (non-hydrogen) atoms. The summed E-state index contributed by atoms with van der Waals surface area (Å²) < 4.78 is 3.14. The van der Waals surface area contributed by atoms with Crippen molar-refractivity contribution in [2.24, 2.45) is 0 Å². The predicted octanol–water partition coefficient (Wildman–Crippen LogP) is 4.63. The molecule has 4 aliphatic carbocycles. The molecule has 7 rings (SSSR count). The van der Waals surface area contributed by atoms with Gasteiger partial charge in [-0.1, -0.05) is 36.4 Å². The van der Waals surface area contributed by atoms with Crippen molar-refractivity contribution in [1.82, 2.24) is 9.13 Å². The van der Waals surface area contributed by atoms with Gasteiger partial charge >= 0.3 is 0 Å². The molecule has 0 saturated carbocycles. The third kappa shape index (κ3) is 2.14. The molecule has 0 amide bonds. The Labute approximate surface area is 185 Å². The maximum Gasteiger partial charge on any atom is 0.202 e. The van der Waals surface area contributed by atoms with E-state index in [0.29, 0.717) is 18.7 Å². The van der Waals surface area contributed by atoms with E-state index in [1.165, 1.54) is 4.57 Å². The van der Waals surface area contributed by atoms with Gasteiger partial charge < -0.3 is 20.4 Å². The summed E-state index contributed by atoms with van der Waals surface area (Å²) in [6.45, 7) is 0.479. The SMILES string of the molecule is Oc1c2c(c(O)n1CCc1ccc(-n3c(O)c4c(c3O)C3C=CC4C3)cc1)C1C=CC2C1. The monoisotopic (exact) mass is 428 g/mol. The van der Waals surface area contributed by atoms with Crippen LogP contribution in [0.2, 0.25) is 0 Å². The average molecular weight is 428 g/mol. The standard InChI is InChI=1S/C26H24N2O4/c29-23-19-14-3-4-15(11-14)20(19)24(30)27(23)10-9-13-1-7-18(8-2-13)28-25(31)21-16-5-6-17(12-16)22(21)26(28)32/h1-8,14-17,29-32H,9-12H2. The van der Waals surface area contributed by atoms with Crippen LogP contribution < -0.4 is 0 Å². The molecule has 0 saturated heterocycles. The van der Waals surface area contributed by atoms with Crippen LogP contribution in [0.4, 0.5) is 0 Å². The molecule has 0 spiro atoms. The Morgan fingerprint density at radius 1 is 0.625 bits per heavy atom. The molecule has 4 aliphatic rings.